The lowest BCUT2D eigenvalue weighted by Gasteiger charge is -2.12. The van der Waals surface area contributed by atoms with Gasteiger partial charge in [-0.05, 0) is 24.6 Å². The van der Waals surface area contributed by atoms with E-state index in [9.17, 15) is 18.1 Å². The Balaban J connectivity index is 2.88. The van der Waals surface area contributed by atoms with Gasteiger partial charge >= 0.3 is 0 Å². The van der Waals surface area contributed by atoms with Crippen molar-refractivity contribution in [2.75, 3.05) is 0 Å². The first-order chi connectivity index (χ1) is 9.21. The highest BCUT2D eigenvalue weighted by Crippen LogP contribution is 2.41. The molecule has 0 saturated heterocycles. The number of halogens is 2. The summed E-state index contributed by atoms with van der Waals surface area (Å²) in [6.45, 7) is 1.54. The predicted molar refractivity (Wildman–Crippen MR) is 78.1 cm³/mol. The number of hydrogen-bond donors (Lipinski definition) is 2. The number of aromatic hydroxyl groups is 1. The standard InChI is InChI=1S/C13H10Cl2O4S/c1-7-3-2-4-9(13(7)20(17,18)19)10-5-8(14)6-11(15)12(10)16/h2-6,16H,1H3,(H,17,18,19). The van der Waals surface area contributed by atoms with Crippen molar-refractivity contribution < 1.29 is 18.1 Å². The smallest absolute Gasteiger partial charge is 0.295 e. The summed E-state index contributed by atoms with van der Waals surface area (Å²) in [4.78, 5) is -0.284. The molecule has 2 aromatic rings. The monoisotopic (exact) mass is 332 g/mol. The lowest BCUT2D eigenvalue weighted by Crippen LogP contribution is -2.03. The van der Waals surface area contributed by atoms with Crippen molar-refractivity contribution in [3.05, 3.63) is 45.9 Å². The molecule has 0 fully saturated rings. The second-order valence-corrected chi connectivity index (χ2v) is 6.41. The van der Waals surface area contributed by atoms with E-state index < -0.39 is 10.1 Å². The molecule has 7 heteroatoms. The molecule has 0 radical (unpaired) electrons. The molecule has 0 aliphatic rings. The van der Waals surface area contributed by atoms with E-state index in [0.29, 0.717) is 5.56 Å². The van der Waals surface area contributed by atoms with E-state index in [4.69, 9.17) is 23.2 Å². The normalized spacial score (nSPS) is 11.6. The Morgan fingerprint density at radius 2 is 1.75 bits per heavy atom. The van der Waals surface area contributed by atoms with E-state index >= 15 is 0 Å². The van der Waals surface area contributed by atoms with Crippen molar-refractivity contribution in [2.24, 2.45) is 0 Å². The first-order valence-corrected chi connectivity index (χ1v) is 7.67. The third-order valence-electron chi connectivity index (χ3n) is 2.79. The van der Waals surface area contributed by atoms with Crippen molar-refractivity contribution in [1.82, 2.24) is 0 Å². The molecule has 0 amide bonds. The third kappa shape index (κ3) is 2.76. The summed E-state index contributed by atoms with van der Waals surface area (Å²) in [5, 5.41) is 10.2. The SMILES string of the molecule is Cc1cccc(-c2cc(Cl)cc(Cl)c2O)c1S(=O)(=O)O. The number of phenols is 1. The Morgan fingerprint density at radius 3 is 2.35 bits per heavy atom. The van der Waals surface area contributed by atoms with E-state index in [2.05, 4.69) is 0 Å². The van der Waals surface area contributed by atoms with Gasteiger partial charge in [0.05, 0.1) is 5.02 Å². The van der Waals surface area contributed by atoms with Crippen LogP contribution >= 0.6 is 23.2 Å². The Labute approximate surface area is 126 Å². The van der Waals surface area contributed by atoms with Gasteiger partial charge in [0.2, 0.25) is 0 Å². The third-order valence-corrected chi connectivity index (χ3v) is 4.35. The second kappa shape index (κ2) is 5.26. The number of phenolic OH excluding ortho intramolecular Hbond substituents is 1. The highest BCUT2D eigenvalue weighted by Gasteiger charge is 2.22. The van der Waals surface area contributed by atoms with Gasteiger partial charge in [0, 0.05) is 16.1 Å². The summed E-state index contributed by atoms with van der Waals surface area (Å²) < 4.78 is 32.4. The van der Waals surface area contributed by atoms with E-state index in [1.165, 1.54) is 31.2 Å². The first-order valence-electron chi connectivity index (χ1n) is 5.47. The van der Waals surface area contributed by atoms with Crippen LogP contribution in [-0.2, 0) is 10.1 Å². The lowest BCUT2D eigenvalue weighted by atomic mass is 10.0. The van der Waals surface area contributed by atoms with Gasteiger partial charge in [-0.15, -0.1) is 0 Å². The van der Waals surface area contributed by atoms with Crippen LogP contribution in [0.5, 0.6) is 5.75 Å². The molecule has 2 N–H and O–H groups in total. The number of benzene rings is 2. The summed E-state index contributed by atoms with van der Waals surface area (Å²) in [7, 11) is -4.45. The second-order valence-electron chi connectivity index (χ2n) is 4.21. The Morgan fingerprint density at radius 1 is 1.10 bits per heavy atom. The van der Waals surface area contributed by atoms with Gasteiger partial charge in [0.1, 0.15) is 10.6 Å². The Bertz CT molecular complexity index is 785. The molecule has 2 rings (SSSR count). The van der Waals surface area contributed by atoms with Crippen LogP contribution in [0.15, 0.2) is 35.2 Å². The van der Waals surface area contributed by atoms with Gasteiger partial charge < -0.3 is 5.11 Å². The molecule has 0 unspecified atom stereocenters. The summed E-state index contributed by atoms with van der Waals surface area (Å²) >= 11 is 11.7. The van der Waals surface area contributed by atoms with E-state index in [0.717, 1.165) is 0 Å². The highest BCUT2D eigenvalue weighted by molar-refractivity contribution is 7.86. The average molecular weight is 333 g/mol. The Hall–Kier alpha value is -1.27. The van der Waals surface area contributed by atoms with Crippen molar-refractivity contribution in [3.8, 4) is 16.9 Å². The quantitative estimate of drug-likeness (QED) is 0.817. The number of aryl methyl sites for hydroxylation is 1. The van der Waals surface area contributed by atoms with Crippen molar-refractivity contribution >= 4 is 33.3 Å². The zero-order chi connectivity index (χ0) is 15.1. The van der Waals surface area contributed by atoms with E-state index in [-0.39, 0.29) is 31.8 Å². The first kappa shape index (κ1) is 15.1. The topological polar surface area (TPSA) is 74.6 Å². The summed E-state index contributed by atoms with van der Waals surface area (Å²) in [6.07, 6.45) is 0. The number of hydrogen-bond acceptors (Lipinski definition) is 3. The van der Waals surface area contributed by atoms with Crippen LogP contribution in [0, 0.1) is 6.92 Å². The van der Waals surface area contributed by atoms with Crippen LogP contribution in [0.1, 0.15) is 5.56 Å². The van der Waals surface area contributed by atoms with Crippen molar-refractivity contribution in [2.45, 2.75) is 11.8 Å². The minimum Gasteiger partial charge on any atom is -0.506 e. The molecule has 20 heavy (non-hydrogen) atoms. The molecular weight excluding hydrogens is 323 g/mol. The van der Waals surface area contributed by atoms with Crippen LogP contribution in [0.25, 0.3) is 11.1 Å². The maximum atomic E-state index is 11.5. The highest BCUT2D eigenvalue weighted by atomic mass is 35.5. The molecular formula is C13H10Cl2O4S. The minimum absolute atomic E-state index is 0.00436. The number of rotatable bonds is 2. The summed E-state index contributed by atoms with van der Waals surface area (Å²) in [5.74, 6) is -0.299. The molecule has 0 aliphatic carbocycles. The van der Waals surface area contributed by atoms with Crippen molar-refractivity contribution in [3.63, 3.8) is 0 Å². The van der Waals surface area contributed by atoms with Crippen LogP contribution in [0.2, 0.25) is 10.0 Å². The van der Waals surface area contributed by atoms with Crippen LogP contribution < -0.4 is 0 Å². The largest absolute Gasteiger partial charge is 0.506 e. The average Bonchev–Trinajstić information content (AvgIpc) is 2.31. The summed E-state index contributed by atoms with van der Waals surface area (Å²) in [6, 6.07) is 7.32. The molecule has 0 spiro atoms. The fraction of sp³-hybridized carbons (Fsp3) is 0.0769. The van der Waals surface area contributed by atoms with Crippen LogP contribution in [-0.4, -0.2) is 18.1 Å². The van der Waals surface area contributed by atoms with Gasteiger partial charge in [0.15, 0.2) is 0 Å². The molecule has 0 heterocycles. The maximum Gasteiger partial charge on any atom is 0.295 e. The molecule has 0 bridgehead atoms. The van der Waals surface area contributed by atoms with E-state index in [1.54, 1.807) is 6.07 Å². The van der Waals surface area contributed by atoms with Gasteiger partial charge in [-0.25, -0.2) is 0 Å². The molecule has 106 valence electrons. The van der Waals surface area contributed by atoms with E-state index in [1.807, 2.05) is 0 Å². The molecule has 0 saturated carbocycles. The van der Waals surface area contributed by atoms with Gasteiger partial charge in [-0.1, -0.05) is 41.4 Å². The molecule has 2 aromatic carbocycles. The fourth-order valence-electron chi connectivity index (χ4n) is 1.98. The molecule has 4 nitrogen and oxygen atoms in total. The fourth-order valence-corrected chi connectivity index (χ4v) is 3.40. The van der Waals surface area contributed by atoms with Crippen molar-refractivity contribution in [1.29, 1.82) is 0 Å². The van der Waals surface area contributed by atoms with Gasteiger partial charge in [-0.2, -0.15) is 8.42 Å². The van der Waals surface area contributed by atoms with Crippen LogP contribution in [0.3, 0.4) is 0 Å². The Kier molecular flexibility index (Phi) is 3.97. The van der Waals surface area contributed by atoms with Crippen LogP contribution in [0.4, 0.5) is 0 Å². The zero-order valence-corrected chi connectivity index (χ0v) is 12.6. The van der Waals surface area contributed by atoms with Gasteiger partial charge in [-0.3, -0.25) is 4.55 Å². The lowest BCUT2D eigenvalue weighted by molar-refractivity contribution is 0.477. The maximum absolute atomic E-state index is 11.5. The van der Waals surface area contributed by atoms with Gasteiger partial charge in [0.25, 0.3) is 10.1 Å². The zero-order valence-electron chi connectivity index (χ0n) is 10.3. The molecule has 0 aromatic heterocycles. The summed E-state index contributed by atoms with van der Waals surface area (Å²) in [5.41, 5.74) is 0.619. The predicted octanol–water partition coefficient (Wildman–Crippen LogP) is 3.92. The minimum atomic E-state index is -4.45. The molecule has 0 atom stereocenters. The molecule has 0 aliphatic heterocycles.